The minimum atomic E-state index is -1.48. The van der Waals surface area contributed by atoms with Gasteiger partial charge in [-0.2, -0.15) is 0 Å². The van der Waals surface area contributed by atoms with Crippen LogP contribution >= 0.6 is 0 Å². The second-order valence-electron chi connectivity index (χ2n) is 9.07. The molecule has 1 atom stereocenters. The minimum absolute atomic E-state index is 0.000476. The lowest BCUT2D eigenvalue weighted by Crippen LogP contribution is -2.59. The van der Waals surface area contributed by atoms with Crippen LogP contribution in [0.4, 0.5) is 4.79 Å². The molecule has 188 valence electrons. The summed E-state index contributed by atoms with van der Waals surface area (Å²) in [6.07, 6.45) is -1.18. The molecular formula is C23H33N3O8. The fourth-order valence-corrected chi connectivity index (χ4v) is 2.62. The van der Waals surface area contributed by atoms with Crippen molar-refractivity contribution in [2.45, 2.75) is 71.2 Å². The van der Waals surface area contributed by atoms with Crippen molar-refractivity contribution in [1.29, 1.82) is 0 Å². The molecule has 1 aromatic rings. The van der Waals surface area contributed by atoms with Crippen molar-refractivity contribution in [3.8, 4) is 0 Å². The highest BCUT2D eigenvalue weighted by atomic mass is 16.6. The Balaban J connectivity index is 2.76. The summed E-state index contributed by atoms with van der Waals surface area (Å²) in [5.74, 6) is -3.38. The second-order valence-corrected chi connectivity index (χ2v) is 9.07. The summed E-state index contributed by atoms with van der Waals surface area (Å²) in [4.78, 5) is 60.2. The van der Waals surface area contributed by atoms with Gasteiger partial charge in [-0.05, 0) is 46.6 Å². The van der Waals surface area contributed by atoms with Gasteiger partial charge in [0.15, 0.2) is 0 Å². The fourth-order valence-electron chi connectivity index (χ4n) is 2.62. The third-order valence-corrected chi connectivity index (χ3v) is 4.29. The van der Waals surface area contributed by atoms with E-state index in [4.69, 9.17) is 14.6 Å². The molecule has 0 bridgehead atoms. The summed E-state index contributed by atoms with van der Waals surface area (Å²) in [5.41, 5.74) is -1.45. The van der Waals surface area contributed by atoms with E-state index in [1.54, 1.807) is 45.0 Å². The van der Waals surface area contributed by atoms with E-state index in [9.17, 15) is 24.0 Å². The molecule has 0 fully saturated rings. The van der Waals surface area contributed by atoms with E-state index in [1.807, 2.05) is 6.07 Å². The third-order valence-electron chi connectivity index (χ3n) is 4.29. The molecule has 11 nitrogen and oxygen atoms in total. The molecule has 0 heterocycles. The van der Waals surface area contributed by atoms with E-state index < -0.39 is 53.6 Å². The van der Waals surface area contributed by atoms with Gasteiger partial charge in [0.2, 0.25) is 11.8 Å². The van der Waals surface area contributed by atoms with Crippen molar-refractivity contribution in [3.05, 3.63) is 35.9 Å². The van der Waals surface area contributed by atoms with Crippen LogP contribution in [0.3, 0.4) is 0 Å². The van der Waals surface area contributed by atoms with Crippen LogP contribution in [0.1, 0.15) is 53.0 Å². The van der Waals surface area contributed by atoms with E-state index in [0.29, 0.717) is 0 Å². The SMILES string of the molecule is CC(C)(C)OC(=O)CCC(NC(=O)C(C)(C)NC(=O)OCc1ccccc1)C(=O)NCC(=O)O. The summed E-state index contributed by atoms with van der Waals surface area (Å²) in [7, 11) is 0. The van der Waals surface area contributed by atoms with Crippen LogP contribution in [0.2, 0.25) is 0 Å². The van der Waals surface area contributed by atoms with Gasteiger partial charge in [-0.3, -0.25) is 19.2 Å². The van der Waals surface area contributed by atoms with Gasteiger partial charge in [0.05, 0.1) is 0 Å². The first kappa shape index (κ1) is 28.4. The number of hydrogen-bond donors (Lipinski definition) is 4. The number of alkyl carbamates (subject to hydrolysis) is 1. The van der Waals surface area contributed by atoms with Gasteiger partial charge in [-0.15, -0.1) is 0 Å². The molecule has 1 rings (SSSR count). The molecule has 0 saturated carbocycles. The van der Waals surface area contributed by atoms with E-state index in [0.717, 1.165) is 5.56 Å². The third kappa shape index (κ3) is 11.3. The summed E-state index contributed by atoms with van der Waals surface area (Å²) in [6.45, 7) is 7.22. The standard InChI is InChI=1S/C23H33N3O8/c1-22(2,3)34-18(29)12-11-16(19(30)24-13-17(27)28)25-20(31)23(4,5)26-21(32)33-14-15-9-7-6-8-10-15/h6-10,16H,11-14H2,1-5H3,(H,24,30)(H,25,31)(H,26,32)(H,27,28). The van der Waals surface area contributed by atoms with Crippen molar-refractivity contribution in [2.75, 3.05) is 6.54 Å². The number of amides is 3. The molecule has 34 heavy (non-hydrogen) atoms. The summed E-state index contributed by atoms with van der Waals surface area (Å²) in [5, 5.41) is 15.9. The van der Waals surface area contributed by atoms with Crippen LogP contribution in [0.5, 0.6) is 0 Å². The average molecular weight is 480 g/mol. The lowest BCUT2D eigenvalue weighted by atomic mass is 10.0. The Morgan fingerprint density at radius 2 is 1.62 bits per heavy atom. The molecule has 11 heteroatoms. The number of benzene rings is 1. The monoisotopic (exact) mass is 479 g/mol. The molecule has 0 radical (unpaired) electrons. The maximum absolute atomic E-state index is 12.8. The number of hydrogen-bond acceptors (Lipinski definition) is 7. The van der Waals surface area contributed by atoms with Gasteiger partial charge in [0.1, 0.15) is 30.3 Å². The minimum Gasteiger partial charge on any atom is -0.480 e. The van der Waals surface area contributed by atoms with Crippen molar-refractivity contribution < 1.29 is 38.6 Å². The quantitative estimate of drug-likeness (QED) is 0.347. The Labute approximate surface area is 198 Å². The first-order valence-corrected chi connectivity index (χ1v) is 10.7. The van der Waals surface area contributed by atoms with Crippen LogP contribution in [0.25, 0.3) is 0 Å². The molecule has 1 aromatic carbocycles. The van der Waals surface area contributed by atoms with E-state index in [2.05, 4.69) is 16.0 Å². The normalized spacial score (nSPS) is 12.1. The highest BCUT2D eigenvalue weighted by molar-refractivity contribution is 5.94. The topological polar surface area (TPSA) is 160 Å². The second kappa shape index (κ2) is 12.6. The summed E-state index contributed by atoms with van der Waals surface area (Å²) >= 11 is 0. The van der Waals surface area contributed by atoms with Crippen LogP contribution in [-0.4, -0.2) is 58.7 Å². The summed E-state index contributed by atoms with van der Waals surface area (Å²) in [6, 6.07) is 7.72. The molecule has 0 aliphatic rings. The number of esters is 1. The number of aliphatic carboxylic acids is 1. The van der Waals surface area contributed by atoms with Gasteiger partial charge in [-0.25, -0.2) is 4.79 Å². The van der Waals surface area contributed by atoms with Crippen LogP contribution in [0.15, 0.2) is 30.3 Å². The zero-order valence-electron chi connectivity index (χ0n) is 20.1. The van der Waals surface area contributed by atoms with Gasteiger partial charge in [0.25, 0.3) is 0 Å². The molecule has 4 N–H and O–H groups in total. The number of carbonyl (C=O) groups is 5. The number of carboxylic acids is 1. The van der Waals surface area contributed by atoms with E-state index in [-0.39, 0.29) is 19.4 Å². The molecule has 0 aliphatic heterocycles. The highest BCUT2D eigenvalue weighted by Gasteiger charge is 2.34. The number of rotatable bonds is 11. The number of nitrogens with one attached hydrogen (secondary N) is 3. The Bertz CT molecular complexity index is 878. The molecule has 0 aliphatic carbocycles. The number of carboxylic acid groups (broad SMARTS) is 1. The van der Waals surface area contributed by atoms with Crippen LogP contribution in [0, 0.1) is 0 Å². The van der Waals surface area contributed by atoms with Crippen molar-refractivity contribution in [2.24, 2.45) is 0 Å². The van der Waals surface area contributed by atoms with Crippen molar-refractivity contribution >= 4 is 29.8 Å². The molecule has 3 amide bonds. The highest BCUT2D eigenvalue weighted by Crippen LogP contribution is 2.11. The Morgan fingerprint density at radius 1 is 1.00 bits per heavy atom. The smallest absolute Gasteiger partial charge is 0.408 e. The van der Waals surface area contributed by atoms with Crippen LogP contribution in [-0.2, 0) is 35.3 Å². The molecular weight excluding hydrogens is 446 g/mol. The lowest BCUT2D eigenvalue weighted by Gasteiger charge is -2.28. The Kier molecular flexibility index (Phi) is 10.5. The zero-order valence-corrected chi connectivity index (χ0v) is 20.1. The number of carbonyl (C=O) groups excluding carboxylic acids is 4. The first-order chi connectivity index (χ1) is 15.7. The average Bonchev–Trinajstić information content (AvgIpc) is 2.72. The van der Waals surface area contributed by atoms with Crippen molar-refractivity contribution in [3.63, 3.8) is 0 Å². The fraction of sp³-hybridized carbons (Fsp3) is 0.522. The molecule has 0 aromatic heterocycles. The van der Waals surface area contributed by atoms with Crippen molar-refractivity contribution in [1.82, 2.24) is 16.0 Å². The maximum atomic E-state index is 12.8. The lowest BCUT2D eigenvalue weighted by molar-refractivity contribution is -0.155. The summed E-state index contributed by atoms with van der Waals surface area (Å²) < 4.78 is 10.3. The Hall–Kier alpha value is -3.63. The number of ether oxygens (including phenoxy) is 2. The van der Waals surface area contributed by atoms with Gasteiger partial charge >= 0.3 is 18.0 Å². The first-order valence-electron chi connectivity index (χ1n) is 10.7. The van der Waals surface area contributed by atoms with Crippen LogP contribution < -0.4 is 16.0 Å². The van der Waals surface area contributed by atoms with Gasteiger partial charge in [-0.1, -0.05) is 30.3 Å². The molecule has 0 spiro atoms. The largest absolute Gasteiger partial charge is 0.480 e. The van der Waals surface area contributed by atoms with E-state index in [1.165, 1.54) is 13.8 Å². The zero-order chi connectivity index (χ0) is 25.9. The predicted octanol–water partition coefficient (Wildman–Crippen LogP) is 1.50. The van der Waals surface area contributed by atoms with Gasteiger partial charge in [0, 0.05) is 6.42 Å². The molecule has 1 unspecified atom stereocenters. The van der Waals surface area contributed by atoms with E-state index >= 15 is 0 Å². The molecule has 0 saturated heterocycles. The Morgan fingerprint density at radius 3 is 2.18 bits per heavy atom. The predicted molar refractivity (Wildman–Crippen MR) is 121 cm³/mol. The maximum Gasteiger partial charge on any atom is 0.408 e. The van der Waals surface area contributed by atoms with Gasteiger partial charge < -0.3 is 30.5 Å².